The van der Waals surface area contributed by atoms with E-state index in [2.05, 4.69) is 56.8 Å². The highest BCUT2D eigenvalue weighted by atomic mass is 15.3. The van der Waals surface area contributed by atoms with Gasteiger partial charge in [-0.2, -0.15) is 0 Å². The highest BCUT2D eigenvalue weighted by molar-refractivity contribution is 4.88. The number of rotatable bonds is 5. The van der Waals surface area contributed by atoms with Crippen LogP contribution in [0, 0.1) is 5.92 Å². The summed E-state index contributed by atoms with van der Waals surface area (Å²) in [6, 6.07) is 2.01. The van der Waals surface area contributed by atoms with Crippen molar-refractivity contribution in [1.82, 2.24) is 15.1 Å². The summed E-state index contributed by atoms with van der Waals surface area (Å²) >= 11 is 0. The fraction of sp³-hybridized carbons (Fsp3) is 1.00. The van der Waals surface area contributed by atoms with Gasteiger partial charge < -0.3 is 5.32 Å². The molecule has 1 saturated heterocycles. The van der Waals surface area contributed by atoms with Crippen molar-refractivity contribution in [2.24, 2.45) is 5.92 Å². The lowest BCUT2D eigenvalue weighted by Crippen LogP contribution is -2.60. The molecule has 3 atom stereocenters. The number of hydrogen-bond acceptors (Lipinski definition) is 3. The summed E-state index contributed by atoms with van der Waals surface area (Å²) in [7, 11) is 2.25. The maximum atomic E-state index is 3.51. The second-order valence-electron chi connectivity index (χ2n) is 5.94. The predicted octanol–water partition coefficient (Wildman–Crippen LogP) is 1.64. The summed E-state index contributed by atoms with van der Waals surface area (Å²) in [5.74, 6) is 0.719. The van der Waals surface area contributed by atoms with Crippen LogP contribution < -0.4 is 5.32 Å². The molecule has 1 fully saturated rings. The van der Waals surface area contributed by atoms with Gasteiger partial charge in [0.15, 0.2) is 0 Å². The van der Waals surface area contributed by atoms with Crippen LogP contribution in [0.2, 0.25) is 0 Å². The first-order valence-corrected chi connectivity index (χ1v) is 7.14. The topological polar surface area (TPSA) is 18.5 Å². The quantitative estimate of drug-likeness (QED) is 0.789. The SMILES string of the molecule is CCNCC(C(C)C)N1CC(C)N(C)C(C)C1. The summed E-state index contributed by atoms with van der Waals surface area (Å²) in [5.41, 5.74) is 0. The summed E-state index contributed by atoms with van der Waals surface area (Å²) in [4.78, 5) is 5.18. The van der Waals surface area contributed by atoms with Gasteiger partial charge in [-0.25, -0.2) is 0 Å². The van der Waals surface area contributed by atoms with Crippen molar-refractivity contribution >= 4 is 0 Å². The summed E-state index contributed by atoms with van der Waals surface area (Å²) in [6.45, 7) is 16.2. The summed E-state index contributed by atoms with van der Waals surface area (Å²) in [5, 5.41) is 3.51. The minimum absolute atomic E-state index is 0.668. The molecule has 0 radical (unpaired) electrons. The average Bonchev–Trinajstić information content (AvgIpc) is 2.25. The van der Waals surface area contributed by atoms with Crippen molar-refractivity contribution in [2.75, 3.05) is 33.2 Å². The number of hydrogen-bond donors (Lipinski definition) is 1. The standard InChI is InChI=1S/C14H31N3/c1-7-15-8-14(11(2)3)17-9-12(4)16(6)13(5)10-17/h11-15H,7-10H2,1-6H3. The van der Waals surface area contributed by atoms with Gasteiger partial charge in [0, 0.05) is 37.8 Å². The molecule has 102 valence electrons. The molecule has 1 heterocycles. The van der Waals surface area contributed by atoms with Crippen LogP contribution in [0.15, 0.2) is 0 Å². The highest BCUT2D eigenvalue weighted by Crippen LogP contribution is 2.19. The largest absolute Gasteiger partial charge is 0.315 e. The minimum atomic E-state index is 0.668. The normalized spacial score (nSPS) is 29.8. The van der Waals surface area contributed by atoms with E-state index in [-0.39, 0.29) is 0 Å². The first-order chi connectivity index (χ1) is 7.97. The molecular weight excluding hydrogens is 210 g/mol. The van der Waals surface area contributed by atoms with Gasteiger partial charge in [-0.3, -0.25) is 9.80 Å². The number of nitrogens with one attached hydrogen (secondary N) is 1. The van der Waals surface area contributed by atoms with Gasteiger partial charge in [0.25, 0.3) is 0 Å². The third-order valence-corrected chi connectivity index (χ3v) is 4.23. The molecule has 3 nitrogen and oxygen atoms in total. The Kier molecular flexibility index (Phi) is 5.90. The molecule has 0 amide bonds. The van der Waals surface area contributed by atoms with Crippen LogP contribution >= 0.6 is 0 Å². The Morgan fingerprint density at radius 1 is 1.18 bits per heavy atom. The fourth-order valence-electron chi connectivity index (χ4n) is 2.79. The van der Waals surface area contributed by atoms with Crippen LogP contribution in [-0.2, 0) is 0 Å². The average molecular weight is 241 g/mol. The summed E-state index contributed by atoms with van der Waals surface area (Å²) < 4.78 is 0. The predicted molar refractivity (Wildman–Crippen MR) is 75.4 cm³/mol. The highest BCUT2D eigenvalue weighted by Gasteiger charge is 2.31. The fourth-order valence-corrected chi connectivity index (χ4v) is 2.79. The Labute approximate surface area is 108 Å². The van der Waals surface area contributed by atoms with Gasteiger partial charge in [0.1, 0.15) is 0 Å². The molecule has 17 heavy (non-hydrogen) atoms. The van der Waals surface area contributed by atoms with Crippen molar-refractivity contribution in [1.29, 1.82) is 0 Å². The lowest BCUT2D eigenvalue weighted by Gasteiger charge is -2.46. The zero-order valence-corrected chi connectivity index (χ0v) is 12.5. The Balaban J connectivity index is 2.61. The lowest BCUT2D eigenvalue weighted by atomic mass is 9.98. The molecule has 0 aliphatic carbocycles. The third kappa shape index (κ3) is 3.94. The van der Waals surface area contributed by atoms with E-state index < -0.39 is 0 Å². The zero-order valence-electron chi connectivity index (χ0n) is 12.5. The minimum Gasteiger partial charge on any atom is -0.315 e. The van der Waals surface area contributed by atoms with Crippen molar-refractivity contribution < 1.29 is 0 Å². The number of nitrogens with zero attached hydrogens (tertiary/aromatic N) is 2. The van der Waals surface area contributed by atoms with Crippen LogP contribution in [0.25, 0.3) is 0 Å². The molecule has 0 aromatic heterocycles. The molecule has 0 spiro atoms. The van der Waals surface area contributed by atoms with Gasteiger partial charge in [-0.1, -0.05) is 20.8 Å². The zero-order chi connectivity index (χ0) is 13.0. The maximum Gasteiger partial charge on any atom is 0.0244 e. The number of likely N-dealkylation sites (N-methyl/N-ethyl adjacent to an activating group) is 2. The molecule has 3 heteroatoms. The Morgan fingerprint density at radius 3 is 2.12 bits per heavy atom. The molecule has 1 aliphatic heterocycles. The molecule has 0 saturated carbocycles. The first-order valence-electron chi connectivity index (χ1n) is 7.14. The molecule has 1 rings (SSSR count). The van der Waals surface area contributed by atoms with Gasteiger partial charge in [-0.05, 0) is 33.4 Å². The van der Waals surface area contributed by atoms with E-state index in [1.54, 1.807) is 0 Å². The van der Waals surface area contributed by atoms with Crippen LogP contribution in [0.4, 0.5) is 0 Å². The molecule has 3 unspecified atom stereocenters. The molecule has 1 aliphatic rings. The molecule has 0 aromatic rings. The van der Waals surface area contributed by atoms with Crippen molar-refractivity contribution in [3.05, 3.63) is 0 Å². The maximum absolute atomic E-state index is 3.51. The molecule has 0 bridgehead atoms. The third-order valence-electron chi connectivity index (χ3n) is 4.23. The van der Waals surface area contributed by atoms with Crippen LogP contribution in [-0.4, -0.2) is 61.2 Å². The molecule has 1 N–H and O–H groups in total. The van der Waals surface area contributed by atoms with Gasteiger partial charge in [0.2, 0.25) is 0 Å². The first kappa shape index (κ1) is 14.9. The molecular formula is C14H31N3. The van der Waals surface area contributed by atoms with E-state index in [0.717, 1.165) is 19.0 Å². The second-order valence-corrected chi connectivity index (χ2v) is 5.94. The van der Waals surface area contributed by atoms with E-state index in [9.17, 15) is 0 Å². The van der Waals surface area contributed by atoms with E-state index in [1.807, 2.05) is 0 Å². The van der Waals surface area contributed by atoms with Crippen LogP contribution in [0.5, 0.6) is 0 Å². The smallest absolute Gasteiger partial charge is 0.0244 e. The van der Waals surface area contributed by atoms with Crippen molar-refractivity contribution in [3.8, 4) is 0 Å². The monoisotopic (exact) mass is 241 g/mol. The van der Waals surface area contributed by atoms with E-state index >= 15 is 0 Å². The van der Waals surface area contributed by atoms with Crippen molar-refractivity contribution in [3.63, 3.8) is 0 Å². The van der Waals surface area contributed by atoms with Gasteiger partial charge in [0.05, 0.1) is 0 Å². The van der Waals surface area contributed by atoms with E-state index in [0.29, 0.717) is 18.1 Å². The number of piperazine rings is 1. The Bertz CT molecular complexity index is 206. The lowest BCUT2D eigenvalue weighted by molar-refractivity contribution is 0.0210. The van der Waals surface area contributed by atoms with E-state index in [1.165, 1.54) is 13.1 Å². The van der Waals surface area contributed by atoms with E-state index in [4.69, 9.17) is 0 Å². The Hall–Kier alpha value is -0.120. The molecule has 0 aromatic carbocycles. The van der Waals surface area contributed by atoms with Gasteiger partial charge in [-0.15, -0.1) is 0 Å². The van der Waals surface area contributed by atoms with Crippen LogP contribution in [0.1, 0.15) is 34.6 Å². The van der Waals surface area contributed by atoms with Crippen molar-refractivity contribution in [2.45, 2.75) is 52.7 Å². The second kappa shape index (κ2) is 6.72. The van der Waals surface area contributed by atoms with Gasteiger partial charge >= 0.3 is 0 Å². The summed E-state index contributed by atoms with van der Waals surface area (Å²) in [6.07, 6.45) is 0. The Morgan fingerprint density at radius 2 is 1.71 bits per heavy atom. The van der Waals surface area contributed by atoms with Crippen LogP contribution in [0.3, 0.4) is 0 Å².